The fourth-order valence-electron chi connectivity index (χ4n) is 4.80. The zero-order valence-corrected chi connectivity index (χ0v) is 26.1. The van der Waals surface area contributed by atoms with Crippen LogP contribution in [0.5, 0.6) is 0 Å². The molecule has 0 atom stereocenters. The van der Waals surface area contributed by atoms with Gasteiger partial charge in [0.25, 0.3) is 11.4 Å². The van der Waals surface area contributed by atoms with Crippen LogP contribution in [0.2, 0.25) is 0 Å². The first-order valence-electron chi connectivity index (χ1n) is 13.5. The summed E-state index contributed by atoms with van der Waals surface area (Å²) in [6, 6.07) is 34.8. The third kappa shape index (κ3) is 5.42. The van der Waals surface area contributed by atoms with Gasteiger partial charge in [-0.25, -0.2) is 4.98 Å². The van der Waals surface area contributed by atoms with E-state index >= 15 is 0 Å². The molecular weight excluding hydrogens is 685 g/mol. The van der Waals surface area contributed by atoms with Crippen molar-refractivity contribution in [3.05, 3.63) is 114 Å². The Balaban J connectivity index is 0.000000182. The first-order chi connectivity index (χ1) is 19.4. The van der Waals surface area contributed by atoms with Gasteiger partial charge >= 0.3 is 6.01 Å². The first-order valence-corrected chi connectivity index (χ1v) is 13.5. The van der Waals surface area contributed by atoms with E-state index in [1.165, 1.54) is 16.7 Å². The van der Waals surface area contributed by atoms with Crippen molar-refractivity contribution in [1.29, 1.82) is 0 Å². The zero-order valence-electron chi connectivity index (χ0n) is 23.7. The third-order valence-electron chi connectivity index (χ3n) is 7.14. The molecule has 0 fully saturated rings. The summed E-state index contributed by atoms with van der Waals surface area (Å²) in [6.07, 6.45) is 3.66. The maximum atomic E-state index is 6.06. The molecule has 7 rings (SSSR count). The summed E-state index contributed by atoms with van der Waals surface area (Å²) in [7, 11) is 0. The van der Waals surface area contributed by atoms with E-state index in [4.69, 9.17) is 4.42 Å². The van der Waals surface area contributed by atoms with Crippen LogP contribution < -0.4 is 4.58 Å². The molecule has 41 heavy (non-hydrogen) atoms. The Morgan fingerprint density at radius 2 is 1.66 bits per heavy atom. The Bertz CT molecular complexity index is 1950. The molecule has 1 aliphatic rings. The smallest absolute Gasteiger partial charge is 0.494 e. The van der Waals surface area contributed by atoms with Crippen LogP contribution in [-0.4, -0.2) is 26.6 Å². The molecule has 0 bridgehead atoms. The van der Waals surface area contributed by atoms with Gasteiger partial charge in [0.1, 0.15) is 0 Å². The minimum atomic E-state index is 0. The quantitative estimate of drug-likeness (QED) is 0.137. The normalized spacial score (nSPS) is 12.0. The third-order valence-corrected chi connectivity index (χ3v) is 7.14. The van der Waals surface area contributed by atoms with Crippen LogP contribution in [0.15, 0.2) is 89.6 Å². The van der Waals surface area contributed by atoms with Gasteiger partial charge in [0.2, 0.25) is 5.71 Å². The van der Waals surface area contributed by atoms with Crippen molar-refractivity contribution in [1.82, 2.24) is 14.5 Å². The van der Waals surface area contributed by atoms with E-state index in [0.29, 0.717) is 11.8 Å². The maximum Gasteiger partial charge on any atom is 0.494 e. The number of hydrogen-bond acceptors (Lipinski definition) is 3. The molecule has 0 N–H and O–H groups in total. The molecule has 6 heteroatoms. The zero-order chi connectivity index (χ0) is 27.8. The van der Waals surface area contributed by atoms with Gasteiger partial charge in [-0.1, -0.05) is 45.2 Å². The van der Waals surface area contributed by atoms with E-state index in [1.54, 1.807) is 6.20 Å². The minimum absolute atomic E-state index is 0. The minimum Gasteiger partial charge on any atom is -0.495 e. The second-order valence-corrected chi connectivity index (χ2v) is 10.3. The predicted octanol–water partition coefficient (Wildman–Crippen LogP) is 8.33. The maximum absolute atomic E-state index is 6.06. The number of pyridine rings is 2. The fraction of sp³-hybridized carbons (Fsp3) is 0.171. The molecule has 5 nitrogen and oxygen atoms in total. The predicted molar refractivity (Wildman–Crippen MR) is 161 cm³/mol. The number of furan rings is 1. The Kier molecular flexibility index (Phi) is 8.10. The van der Waals surface area contributed by atoms with Crippen LogP contribution in [0.25, 0.3) is 33.3 Å². The molecule has 1 aliphatic heterocycles. The number of nitrogens with zero attached hydrogens (tertiary/aromatic N) is 4. The number of aromatic nitrogens is 2. The van der Waals surface area contributed by atoms with E-state index < -0.39 is 0 Å². The van der Waals surface area contributed by atoms with E-state index in [0.717, 1.165) is 44.7 Å². The number of rotatable bonds is 3. The Morgan fingerprint density at radius 3 is 2.39 bits per heavy atom. The van der Waals surface area contributed by atoms with Crippen LogP contribution >= 0.6 is 0 Å². The summed E-state index contributed by atoms with van der Waals surface area (Å²) in [6.45, 7) is 10.6. The second kappa shape index (κ2) is 11.7. The average Bonchev–Trinajstić information content (AvgIpc) is 3.55. The number of fused-ring (bicyclic) bond motifs is 4. The van der Waals surface area contributed by atoms with E-state index in [2.05, 4.69) is 104 Å². The van der Waals surface area contributed by atoms with E-state index in [9.17, 15) is 0 Å². The largest absolute Gasteiger partial charge is 0.495 e. The Hall–Kier alpha value is -4.21. The van der Waals surface area contributed by atoms with Gasteiger partial charge in [0.05, 0.1) is 5.58 Å². The van der Waals surface area contributed by atoms with Crippen molar-refractivity contribution in [2.45, 2.75) is 40.7 Å². The summed E-state index contributed by atoms with van der Waals surface area (Å²) in [5.74, 6) is 0. The SMILES string of the molecule is CC(C)[N+]1=C=[N+](c2[c-]ccc3c2oc2ncccc23)c2ccccc21.Cc1c[c-]c(-c2cc(C)c(C)cn2)cc1.[Ir]. The number of hydrogen-bond donors (Lipinski definition) is 0. The van der Waals surface area contributed by atoms with Crippen LogP contribution in [0.4, 0.5) is 17.1 Å². The molecule has 0 aliphatic carbocycles. The van der Waals surface area contributed by atoms with Gasteiger partial charge in [-0.15, -0.1) is 41.5 Å². The Morgan fingerprint density at radius 1 is 0.854 bits per heavy atom. The molecule has 3 aromatic heterocycles. The van der Waals surface area contributed by atoms with Crippen LogP contribution in [0.1, 0.15) is 30.5 Å². The number of para-hydroxylation sites is 2. The molecule has 205 valence electrons. The number of benzene rings is 3. The summed E-state index contributed by atoms with van der Waals surface area (Å²) in [5.41, 5.74) is 10.3. The van der Waals surface area contributed by atoms with Crippen LogP contribution in [-0.2, 0) is 20.1 Å². The van der Waals surface area contributed by atoms with Gasteiger partial charge in [0, 0.05) is 50.0 Å². The monoisotopic (exact) mass is 715 g/mol. The van der Waals surface area contributed by atoms with Crippen molar-refractivity contribution in [3.63, 3.8) is 0 Å². The van der Waals surface area contributed by atoms with Crippen LogP contribution in [0.3, 0.4) is 0 Å². The van der Waals surface area contributed by atoms with Gasteiger partial charge in [-0.3, -0.25) is 0 Å². The Labute approximate surface area is 253 Å². The molecule has 6 aromatic rings. The van der Waals surface area contributed by atoms with Crippen molar-refractivity contribution in [2.75, 3.05) is 0 Å². The molecule has 4 heterocycles. The van der Waals surface area contributed by atoms with E-state index in [-0.39, 0.29) is 20.1 Å². The van der Waals surface area contributed by atoms with E-state index in [1.807, 2.05) is 47.2 Å². The van der Waals surface area contributed by atoms with Gasteiger partial charge in [-0.05, 0) is 51.1 Å². The molecule has 1 radical (unpaired) electrons. The van der Waals surface area contributed by atoms with Gasteiger partial charge < -0.3 is 9.40 Å². The summed E-state index contributed by atoms with van der Waals surface area (Å²) in [5, 5.41) is 2.06. The molecule has 0 unspecified atom stereocenters. The van der Waals surface area contributed by atoms with Gasteiger partial charge in [0.15, 0.2) is 11.7 Å². The molecular formula is C35H30IrN4O. The topological polar surface area (TPSA) is 44.9 Å². The van der Waals surface area contributed by atoms with Crippen molar-refractivity contribution < 1.29 is 29.1 Å². The van der Waals surface area contributed by atoms with Crippen molar-refractivity contribution in [3.8, 4) is 11.3 Å². The molecule has 3 aromatic carbocycles. The van der Waals surface area contributed by atoms with Gasteiger partial charge in [-0.2, -0.15) is 12.1 Å². The van der Waals surface area contributed by atoms with Crippen molar-refractivity contribution >= 4 is 45.1 Å². The fourth-order valence-corrected chi connectivity index (χ4v) is 4.80. The molecule has 0 spiro atoms. The molecule has 0 saturated carbocycles. The van der Waals surface area contributed by atoms with Crippen LogP contribution in [0, 0.1) is 32.9 Å². The standard InChI is InChI=1S/C21H16N3O.C14H14N.Ir/c1-14(2)23-13-24(18-10-4-3-9-17(18)23)19-11-5-7-15-16-8-6-12-22-21(16)25-20(15)19;1-10-4-6-13(7-5-10)14-8-11(2)12(3)9-15-14;/h3-10,12,14H,1-2H3;4-6,8-9H,1-3H3;/q+1;-1;. The number of aryl methyl sites for hydroxylation is 3. The van der Waals surface area contributed by atoms with Crippen molar-refractivity contribution in [2.24, 2.45) is 0 Å². The molecule has 0 amide bonds. The summed E-state index contributed by atoms with van der Waals surface area (Å²) < 4.78 is 10.2. The average molecular weight is 715 g/mol. The first kappa shape index (κ1) is 28.3. The summed E-state index contributed by atoms with van der Waals surface area (Å²) >= 11 is 0. The summed E-state index contributed by atoms with van der Waals surface area (Å²) in [4.78, 5) is 8.75. The second-order valence-electron chi connectivity index (χ2n) is 10.3. The molecule has 0 saturated heterocycles.